The van der Waals surface area contributed by atoms with E-state index in [0.717, 1.165) is 5.82 Å². The number of aromatic nitrogens is 2. The SMILES string of the molecule is Cc1nccn1CC(O)COc1ccccc1Cl. The zero-order valence-corrected chi connectivity index (χ0v) is 10.8. The van der Waals surface area contributed by atoms with Gasteiger partial charge < -0.3 is 14.4 Å². The maximum atomic E-state index is 9.88. The molecule has 1 aromatic heterocycles. The van der Waals surface area contributed by atoms with Crippen LogP contribution in [0.1, 0.15) is 5.82 Å². The van der Waals surface area contributed by atoms with Gasteiger partial charge in [-0.25, -0.2) is 4.98 Å². The highest BCUT2D eigenvalue weighted by molar-refractivity contribution is 6.32. The first-order chi connectivity index (χ1) is 8.66. The highest BCUT2D eigenvalue weighted by Gasteiger charge is 2.09. The molecule has 1 atom stereocenters. The highest BCUT2D eigenvalue weighted by atomic mass is 35.5. The fourth-order valence-corrected chi connectivity index (χ4v) is 1.81. The first kappa shape index (κ1) is 12.9. The quantitative estimate of drug-likeness (QED) is 0.903. The molecule has 1 N–H and O–H groups in total. The number of imidazole rings is 1. The molecular formula is C13H15ClN2O2. The normalized spacial score (nSPS) is 12.4. The topological polar surface area (TPSA) is 47.3 Å². The fourth-order valence-electron chi connectivity index (χ4n) is 1.62. The van der Waals surface area contributed by atoms with Crippen molar-refractivity contribution in [3.63, 3.8) is 0 Å². The lowest BCUT2D eigenvalue weighted by Gasteiger charge is -2.14. The van der Waals surface area contributed by atoms with Gasteiger partial charge in [0.2, 0.25) is 0 Å². The van der Waals surface area contributed by atoms with Crippen LogP contribution in [0.4, 0.5) is 0 Å². The van der Waals surface area contributed by atoms with Crippen LogP contribution in [0.2, 0.25) is 5.02 Å². The summed E-state index contributed by atoms with van der Waals surface area (Å²) in [7, 11) is 0. The van der Waals surface area contributed by atoms with Crippen molar-refractivity contribution in [1.29, 1.82) is 0 Å². The number of nitrogens with zero attached hydrogens (tertiary/aromatic N) is 2. The van der Waals surface area contributed by atoms with Crippen molar-refractivity contribution in [2.45, 2.75) is 19.6 Å². The van der Waals surface area contributed by atoms with E-state index >= 15 is 0 Å². The maximum Gasteiger partial charge on any atom is 0.138 e. The minimum Gasteiger partial charge on any atom is -0.489 e. The highest BCUT2D eigenvalue weighted by Crippen LogP contribution is 2.23. The first-order valence-corrected chi connectivity index (χ1v) is 6.07. The summed E-state index contributed by atoms with van der Waals surface area (Å²) in [6.07, 6.45) is 2.93. The number of halogens is 1. The number of benzene rings is 1. The van der Waals surface area contributed by atoms with Gasteiger partial charge in [-0.05, 0) is 19.1 Å². The Hall–Kier alpha value is -1.52. The molecule has 0 saturated heterocycles. The van der Waals surface area contributed by atoms with Crippen molar-refractivity contribution >= 4 is 11.6 Å². The first-order valence-electron chi connectivity index (χ1n) is 5.70. The Morgan fingerprint density at radius 2 is 2.22 bits per heavy atom. The van der Waals surface area contributed by atoms with Crippen LogP contribution in [0.5, 0.6) is 5.75 Å². The van der Waals surface area contributed by atoms with E-state index < -0.39 is 6.10 Å². The lowest BCUT2D eigenvalue weighted by molar-refractivity contribution is 0.0920. The van der Waals surface area contributed by atoms with Gasteiger partial charge >= 0.3 is 0 Å². The molecule has 0 radical (unpaired) electrons. The molecule has 2 rings (SSSR count). The lowest BCUT2D eigenvalue weighted by Crippen LogP contribution is -2.23. The van der Waals surface area contributed by atoms with Gasteiger partial charge in [0.15, 0.2) is 0 Å². The average molecular weight is 267 g/mol. The number of hydrogen-bond donors (Lipinski definition) is 1. The maximum absolute atomic E-state index is 9.88. The molecule has 1 unspecified atom stereocenters. The van der Waals surface area contributed by atoms with E-state index in [0.29, 0.717) is 17.3 Å². The molecule has 0 saturated carbocycles. The van der Waals surface area contributed by atoms with Crippen LogP contribution in [0.3, 0.4) is 0 Å². The van der Waals surface area contributed by atoms with Gasteiger partial charge in [-0.1, -0.05) is 23.7 Å². The third-order valence-electron chi connectivity index (χ3n) is 2.60. The lowest BCUT2D eigenvalue weighted by atomic mass is 10.3. The second-order valence-electron chi connectivity index (χ2n) is 4.02. The molecule has 0 fully saturated rings. The molecule has 0 aliphatic carbocycles. The zero-order chi connectivity index (χ0) is 13.0. The summed E-state index contributed by atoms with van der Waals surface area (Å²) in [5, 5.41) is 10.4. The number of para-hydroxylation sites is 1. The number of aliphatic hydroxyl groups is 1. The van der Waals surface area contributed by atoms with E-state index in [2.05, 4.69) is 4.98 Å². The van der Waals surface area contributed by atoms with Crippen molar-refractivity contribution in [2.75, 3.05) is 6.61 Å². The van der Waals surface area contributed by atoms with Crippen molar-refractivity contribution in [1.82, 2.24) is 9.55 Å². The Morgan fingerprint density at radius 1 is 1.44 bits per heavy atom. The molecule has 4 nitrogen and oxygen atoms in total. The van der Waals surface area contributed by atoms with Crippen molar-refractivity contribution < 1.29 is 9.84 Å². The fraction of sp³-hybridized carbons (Fsp3) is 0.308. The standard InChI is InChI=1S/C13H15ClN2O2/c1-10-15-6-7-16(10)8-11(17)9-18-13-5-3-2-4-12(13)14/h2-7,11,17H,8-9H2,1H3. The monoisotopic (exact) mass is 266 g/mol. The third-order valence-corrected chi connectivity index (χ3v) is 2.91. The third kappa shape index (κ3) is 3.24. The second-order valence-corrected chi connectivity index (χ2v) is 4.43. The second kappa shape index (κ2) is 5.89. The summed E-state index contributed by atoms with van der Waals surface area (Å²) in [6.45, 7) is 2.54. The Morgan fingerprint density at radius 3 is 2.89 bits per heavy atom. The Kier molecular flexibility index (Phi) is 4.23. The minimum absolute atomic E-state index is 0.196. The molecule has 0 spiro atoms. The predicted molar refractivity (Wildman–Crippen MR) is 69.9 cm³/mol. The molecule has 1 aromatic carbocycles. The Labute approximate surface area is 111 Å². The molecule has 18 heavy (non-hydrogen) atoms. The number of aliphatic hydroxyl groups excluding tert-OH is 1. The number of rotatable bonds is 5. The molecule has 0 bridgehead atoms. The van der Waals surface area contributed by atoms with Crippen molar-refractivity contribution in [3.8, 4) is 5.75 Å². The van der Waals surface area contributed by atoms with Crippen LogP contribution >= 0.6 is 11.6 Å². The van der Waals surface area contributed by atoms with E-state index in [9.17, 15) is 5.11 Å². The van der Waals surface area contributed by atoms with E-state index in [1.807, 2.05) is 29.8 Å². The summed E-state index contributed by atoms with van der Waals surface area (Å²) in [4.78, 5) is 4.09. The van der Waals surface area contributed by atoms with Crippen LogP contribution in [0, 0.1) is 6.92 Å². The van der Waals surface area contributed by atoms with Crippen LogP contribution in [-0.4, -0.2) is 27.4 Å². The number of ether oxygens (including phenoxy) is 1. The largest absolute Gasteiger partial charge is 0.489 e. The summed E-state index contributed by atoms with van der Waals surface area (Å²) in [5.74, 6) is 1.45. The smallest absolute Gasteiger partial charge is 0.138 e. The Balaban J connectivity index is 1.87. The van der Waals surface area contributed by atoms with Gasteiger partial charge in [0.25, 0.3) is 0 Å². The van der Waals surface area contributed by atoms with Gasteiger partial charge in [-0.3, -0.25) is 0 Å². The van der Waals surface area contributed by atoms with E-state index in [1.165, 1.54) is 0 Å². The van der Waals surface area contributed by atoms with Crippen molar-refractivity contribution in [2.24, 2.45) is 0 Å². The van der Waals surface area contributed by atoms with Crippen molar-refractivity contribution in [3.05, 3.63) is 47.5 Å². The number of hydrogen-bond acceptors (Lipinski definition) is 3. The molecular weight excluding hydrogens is 252 g/mol. The molecule has 1 heterocycles. The summed E-state index contributed by atoms with van der Waals surface area (Å²) >= 11 is 5.95. The molecule has 0 amide bonds. The molecule has 96 valence electrons. The summed E-state index contributed by atoms with van der Waals surface area (Å²) < 4.78 is 7.35. The van der Waals surface area contributed by atoms with Gasteiger partial charge in [-0.15, -0.1) is 0 Å². The zero-order valence-electron chi connectivity index (χ0n) is 10.1. The minimum atomic E-state index is -0.603. The van der Waals surface area contributed by atoms with Gasteiger partial charge in [0, 0.05) is 12.4 Å². The molecule has 5 heteroatoms. The van der Waals surface area contributed by atoms with E-state index in [-0.39, 0.29) is 6.61 Å². The van der Waals surface area contributed by atoms with Gasteiger partial charge in [0.1, 0.15) is 24.3 Å². The molecule has 0 aliphatic rings. The predicted octanol–water partition coefficient (Wildman–Crippen LogP) is 2.28. The molecule has 0 aliphatic heterocycles. The summed E-state index contributed by atoms with van der Waals surface area (Å²) in [5.41, 5.74) is 0. The Bertz CT molecular complexity index is 513. The van der Waals surface area contributed by atoms with Crippen LogP contribution in [-0.2, 0) is 6.54 Å². The average Bonchev–Trinajstić information content (AvgIpc) is 2.74. The van der Waals surface area contributed by atoms with E-state index in [4.69, 9.17) is 16.3 Å². The summed E-state index contributed by atoms with van der Waals surface area (Å²) in [6, 6.07) is 7.20. The van der Waals surface area contributed by atoms with Crippen LogP contribution in [0.25, 0.3) is 0 Å². The van der Waals surface area contributed by atoms with Gasteiger partial charge in [0.05, 0.1) is 11.6 Å². The van der Waals surface area contributed by atoms with E-state index in [1.54, 1.807) is 18.3 Å². The van der Waals surface area contributed by atoms with Crippen LogP contribution < -0.4 is 4.74 Å². The number of aryl methyl sites for hydroxylation is 1. The van der Waals surface area contributed by atoms with Crippen LogP contribution in [0.15, 0.2) is 36.7 Å². The molecule has 2 aromatic rings. The van der Waals surface area contributed by atoms with Gasteiger partial charge in [-0.2, -0.15) is 0 Å².